The number of allylic oxidation sites excluding steroid dienone is 2. The second-order valence-corrected chi connectivity index (χ2v) is 10.0. The van der Waals surface area contributed by atoms with E-state index in [1.54, 1.807) is 5.57 Å². The fraction of sp³-hybridized carbons (Fsp3) is 0.909. The minimum Gasteiger partial charge on any atom is -0.0813 e. The molecule has 2 fully saturated rings. The van der Waals surface area contributed by atoms with E-state index in [9.17, 15) is 0 Å². The summed E-state index contributed by atoms with van der Waals surface area (Å²) in [5.74, 6) is 5.89. The minimum atomic E-state index is 0.458. The third kappa shape index (κ3) is 3.31. The molecule has 22 heavy (non-hydrogen) atoms. The van der Waals surface area contributed by atoms with E-state index < -0.39 is 0 Å². The second kappa shape index (κ2) is 6.33. The van der Waals surface area contributed by atoms with Gasteiger partial charge in [0.05, 0.1) is 0 Å². The Labute approximate surface area is 139 Å². The van der Waals surface area contributed by atoms with E-state index >= 15 is 0 Å². The minimum absolute atomic E-state index is 0.458. The van der Waals surface area contributed by atoms with Crippen molar-refractivity contribution in [2.45, 2.75) is 86.0 Å². The molecule has 0 radical (unpaired) electrons. The molecule has 0 nitrogen and oxygen atoms in total. The van der Waals surface area contributed by atoms with Gasteiger partial charge in [-0.3, -0.25) is 0 Å². The number of rotatable bonds is 2. The summed E-state index contributed by atoms with van der Waals surface area (Å²) in [6, 6.07) is 0. The molecule has 0 aromatic heterocycles. The molecule has 0 aliphatic heterocycles. The van der Waals surface area contributed by atoms with E-state index in [-0.39, 0.29) is 0 Å². The van der Waals surface area contributed by atoms with Crippen LogP contribution < -0.4 is 0 Å². The topological polar surface area (TPSA) is 0 Å². The molecule has 2 saturated carbocycles. The van der Waals surface area contributed by atoms with Crippen molar-refractivity contribution >= 4 is 0 Å². The summed E-state index contributed by atoms with van der Waals surface area (Å²) in [5, 5.41) is 0. The molecular formula is C22H38. The molecule has 0 heterocycles. The molecule has 0 saturated heterocycles. The van der Waals surface area contributed by atoms with Gasteiger partial charge in [0.2, 0.25) is 0 Å². The lowest BCUT2D eigenvalue weighted by molar-refractivity contribution is 0.0864. The Hall–Kier alpha value is -0.260. The lowest BCUT2D eigenvalue weighted by Crippen LogP contribution is -2.40. The third-order valence-corrected chi connectivity index (χ3v) is 7.35. The van der Waals surface area contributed by atoms with Crippen molar-refractivity contribution in [3.8, 4) is 0 Å². The van der Waals surface area contributed by atoms with Crippen LogP contribution in [0.1, 0.15) is 86.0 Å². The van der Waals surface area contributed by atoms with Crippen LogP contribution in [0.3, 0.4) is 0 Å². The zero-order valence-electron chi connectivity index (χ0n) is 15.7. The molecular weight excluding hydrogens is 264 g/mol. The van der Waals surface area contributed by atoms with E-state index in [1.807, 2.05) is 0 Å². The van der Waals surface area contributed by atoms with E-state index in [0.29, 0.717) is 5.41 Å². The van der Waals surface area contributed by atoms with E-state index in [4.69, 9.17) is 0 Å². The number of hydrogen-bond acceptors (Lipinski definition) is 0. The van der Waals surface area contributed by atoms with Gasteiger partial charge >= 0.3 is 0 Å². The Bertz CT molecular complexity index is 394. The summed E-state index contributed by atoms with van der Waals surface area (Å²) in [4.78, 5) is 0. The molecule has 0 amide bonds. The first-order valence-electron chi connectivity index (χ1n) is 10.0. The highest BCUT2D eigenvalue weighted by Gasteiger charge is 2.43. The van der Waals surface area contributed by atoms with Gasteiger partial charge in [-0.2, -0.15) is 0 Å². The van der Waals surface area contributed by atoms with Crippen molar-refractivity contribution in [1.82, 2.24) is 0 Å². The molecule has 2 unspecified atom stereocenters. The van der Waals surface area contributed by atoms with Crippen LogP contribution in [0.25, 0.3) is 0 Å². The van der Waals surface area contributed by atoms with Crippen molar-refractivity contribution in [2.75, 3.05) is 0 Å². The van der Waals surface area contributed by atoms with Crippen molar-refractivity contribution in [2.24, 2.45) is 40.9 Å². The molecule has 0 spiro atoms. The van der Waals surface area contributed by atoms with Gasteiger partial charge in [0.1, 0.15) is 0 Å². The summed E-state index contributed by atoms with van der Waals surface area (Å²) in [5.41, 5.74) is 2.13. The van der Waals surface area contributed by atoms with Gasteiger partial charge in [-0.25, -0.2) is 0 Å². The van der Waals surface area contributed by atoms with Gasteiger partial charge in [-0.05, 0) is 86.4 Å². The number of hydrogen-bond donors (Lipinski definition) is 0. The Morgan fingerprint density at radius 1 is 0.773 bits per heavy atom. The van der Waals surface area contributed by atoms with Crippen LogP contribution in [0, 0.1) is 40.9 Å². The van der Waals surface area contributed by atoms with Gasteiger partial charge in [0.25, 0.3) is 0 Å². The monoisotopic (exact) mass is 302 g/mol. The highest BCUT2D eigenvalue weighted by molar-refractivity contribution is 5.24. The molecule has 3 aliphatic rings. The molecule has 3 rings (SSSR count). The highest BCUT2D eigenvalue weighted by atomic mass is 14.5. The van der Waals surface area contributed by atoms with Crippen LogP contribution in [0.2, 0.25) is 0 Å². The van der Waals surface area contributed by atoms with Gasteiger partial charge in [-0.15, -0.1) is 0 Å². The predicted octanol–water partition coefficient (Wildman–Crippen LogP) is 6.86. The van der Waals surface area contributed by atoms with E-state index in [2.05, 4.69) is 40.7 Å². The Morgan fingerprint density at radius 2 is 1.23 bits per heavy atom. The second-order valence-electron chi connectivity index (χ2n) is 10.0. The van der Waals surface area contributed by atoms with E-state index in [0.717, 1.165) is 35.5 Å². The van der Waals surface area contributed by atoms with Crippen molar-refractivity contribution in [3.05, 3.63) is 11.6 Å². The predicted molar refractivity (Wildman–Crippen MR) is 96.8 cm³/mol. The maximum Gasteiger partial charge on any atom is -0.00915 e. The van der Waals surface area contributed by atoms with Crippen molar-refractivity contribution < 1.29 is 0 Å². The van der Waals surface area contributed by atoms with Crippen molar-refractivity contribution in [3.63, 3.8) is 0 Å². The maximum atomic E-state index is 2.61. The summed E-state index contributed by atoms with van der Waals surface area (Å²) < 4.78 is 0. The van der Waals surface area contributed by atoms with Crippen molar-refractivity contribution in [1.29, 1.82) is 0 Å². The standard InChI is InChI=1S/C22H38/c1-15-6-8-17(9-7-15)18-10-12-19(13-11-18)20-14-16(2)21(20)22(3,4)5/h14-15,17-21H,6-13H2,1-5H3. The van der Waals surface area contributed by atoms with Crippen LogP contribution >= 0.6 is 0 Å². The summed E-state index contributed by atoms with van der Waals surface area (Å²) in [6.45, 7) is 12.1. The molecule has 0 heteroatoms. The van der Waals surface area contributed by atoms with Crippen LogP contribution in [-0.4, -0.2) is 0 Å². The zero-order valence-corrected chi connectivity index (χ0v) is 15.7. The highest BCUT2D eigenvalue weighted by Crippen LogP contribution is 2.53. The molecule has 3 aliphatic carbocycles. The van der Waals surface area contributed by atoms with Gasteiger partial charge in [-0.1, -0.05) is 52.2 Å². The molecule has 126 valence electrons. The Morgan fingerprint density at radius 3 is 1.68 bits per heavy atom. The molecule has 0 N–H and O–H groups in total. The molecule has 0 aromatic carbocycles. The quantitative estimate of drug-likeness (QED) is 0.489. The van der Waals surface area contributed by atoms with E-state index in [1.165, 1.54) is 51.4 Å². The normalized spacial score (nSPS) is 43.4. The summed E-state index contributed by atoms with van der Waals surface area (Å²) in [7, 11) is 0. The first-order chi connectivity index (χ1) is 10.4. The SMILES string of the molecule is CC1=CC(C2CCC(C3CCC(C)CC3)CC2)C1C(C)(C)C. The van der Waals surface area contributed by atoms with Gasteiger partial charge < -0.3 is 0 Å². The van der Waals surface area contributed by atoms with Gasteiger partial charge in [0, 0.05) is 0 Å². The van der Waals surface area contributed by atoms with Crippen LogP contribution in [0.4, 0.5) is 0 Å². The lowest BCUT2D eigenvalue weighted by atomic mass is 9.56. The summed E-state index contributed by atoms with van der Waals surface area (Å²) in [6.07, 6.45) is 14.8. The summed E-state index contributed by atoms with van der Waals surface area (Å²) >= 11 is 0. The Kier molecular flexibility index (Phi) is 4.77. The zero-order chi connectivity index (χ0) is 15.9. The fourth-order valence-corrected chi connectivity index (χ4v) is 6.12. The average Bonchev–Trinajstić information content (AvgIpc) is 2.44. The Balaban J connectivity index is 1.52. The van der Waals surface area contributed by atoms with Gasteiger partial charge in [0.15, 0.2) is 0 Å². The fourth-order valence-electron chi connectivity index (χ4n) is 6.12. The molecule has 0 bridgehead atoms. The average molecular weight is 303 g/mol. The largest absolute Gasteiger partial charge is 0.0813 e. The lowest BCUT2D eigenvalue weighted by Gasteiger charge is -2.49. The first kappa shape index (κ1) is 16.6. The first-order valence-corrected chi connectivity index (χ1v) is 10.0. The molecule has 0 aromatic rings. The third-order valence-electron chi connectivity index (χ3n) is 7.35. The maximum absolute atomic E-state index is 2.61. The van der Waals surface area contributed by atoms with Crippen LogP contribution in [0.15, 0.2) is 11.6 Å². The molecule has 2 atom stereocenters. The smallest absolute Gasteiger partial charge is 0.00915 e. The van der Waals surface area contributed by atoms with Crippen LogP contribution in [0.5, 0.6) is 0 Å². The van der Waals surface area contributed by atoms with Crippen LogP contribution in [-0.2, 0) is 0 Å².